The lowest BCUT2D eigenvalue weighted by atomic mass is 10.2. The van der Waals surface area contributed by atoms with Gasteiger partial charge in [0.25, 0.3) is 0 Å². The highest BCUT2D eigenvalue weighted by Gasteiger charge is 1.86. The predicted molar refractivity (Wildman–Crippen MR) is 49.0 cm³/mol. The van der Waals surface area contributed by atoms with Crippen molar-refractivity contribution in [1.29, 1.82) is 0 Å². The van der Waals surface area contributed by atoms with E-state index in [2.05, 4.69) is 17.5 Å². The van der Waals surface area contributed by atoms with E-state index in [-0.39, 0.29) is 0 Å². The van der Waals surface area contributed by atoms with E-state index in [4.69, 9.17) is 0 Å². The highest BCUT2D eigenvalue weighted by Crippen LogP contribution is 2.07. The van der Waals surface area contributed by atoms with Crippen LogP contribution < -0.4 is 5.43 Å². The molecule has 0 saturated heterocycles. The van der Waals surface area contributed by atoms with Gasteiger partial charge in [-0.2, -0.15) is 5.10 Å². The van der Waals surface area contributed by atoms with Crippen molar-refractivity contribution < 1.29 is 0 Å². The summed E-state index contributed by atoms with van der Waals surface area (Å²) >= 11 is 0. The molecule has 0 aliphatic heterocycles. The minimum Gasteiger partial charge on any atom is -0.279 e. The average Bonchev–Trinajstić information content (AvgIpc) is 2.04. The normalized spacial score (nSPS) is 10.4. The first-order valence-electron chi connectivity index (χ1n) is 3.63. The van der Waals surface area contributed by atoms with E-state index in [1.807, 2.05) is 31.2 Å². The van der Waals surface area contributed by atoms with Gasteiger partial charge in [-0.3, -0.25) is 5.43 Å². The van der Waals surface area contributed by atoms with Gasteiger partial charge in [0.2, 0.25) is 0 Å². The molecule has 0 atom stereocenters. The molecule has 2 nitrogen and oxygen atoms in total. The third-order valence-electron chi connectivity index (χ3n) is 1.37. The van der Waals surface area contributed by atoms with E-state index in [1.54, 1.807) is 6.21 Å². The van der Waals surface area contributed by atoms with Crippen LogP contribution in [0.15, 0.2) is 29.4 Å². The van der Waals surface area contributed by atoms with Crippen LogP contribution in [-0.4, -0.2) is 6.21 Å². The molecule has 0 aliphatic rings. The number of benzene rings is 1. The molecule has 0 aromatic heterocycles. The Labute approximate surface area is 66.9 Å². The average molecular weight is 148 g/mol. The summed E-state index contributed by atoms with van der Waals surface area (Å²) in [7, 11) is 0. The number of nitrogens with zero attached hydrogens (tertiary/aromatic N) is 1. The zero-order chi connectivity index (χ0) is 8.10. The fraction of sp³-hybridized carbons (Fsp3) is 0.222. The fourth-order valence-corrected chi connectivity index (χ4v) is 0.767. The lowest BCUT2D eigenvalue weighted by Crippen LogP contribution is -1.86. The first-order chi connectivity index (χ1) is 5.33. The Hall–Kier alpha value is -1.31. The van der Waals surface area contributed by atoms with Crippen LogP contribution in [0.4, 0.5) is 5.69 Å². The van der Waals surface area contributed by atoms with Gasteiger partial charge in [0.05, 0.1) is 5.69 Å². The Kier molecular flexibility index (Phi) is 2.66. The van der Waals surface area contributed by atoms with Gasteiger partial charge < -0.3 is 0 Å². The summed E-state index contributed by atoms with van der Waals surface area (Å²) in [6, 6.07) is 8.10. The highest BCUT2D eigenvalue weighted by atomic mass is 15.3. The number of anilines is 1. The lowest BCUT2D eigenvalue weighted by molar-refractivity contribution is 1.33. The number of hydrogen-bond acceptors (Lipinski definition) is 2. The molecule has 0 heterocycles. The van der Waals surface area contributed by atoms with Crippen LogP contribution in [0.2, 0.25) is 0 Å². The summed E-state index contributed by atoms with van der Waals surface area (Å²) in [5.74, 6) is 0. The minimum atomic E-state index is 1.02. The zero-order valence-corrected chi connectivity index (χ0v) is 6.83. The van der Waals surface area contributed by atoms with Crippen molar-refractivity contribution >= 4 is 11.9 Å². The third-order valence-corrected chi connectivity index (χ3v) is 1.37. The summed E-state index contributed by atoms with van der Waals surface area (Å²) in [5, 5.41) is 3.90. The van der Waals surface area contributed by atoms with Crippen LogP contribution in [0.25, 0.3) is 0 Å². The lowest BCUT2D eigenvalue weighted by Gasteiger charge is -1.98. The molecule has 1 aromatic rings. The van der Waals surface area contributed by atoms with Crippen molar-refractivity contribution in [3.05, 3.63) is 29.8 Å². The topological polar surface area (TPSA) is 24.4 Å². The first kappa shape index (κ1) is 7.79. The van der Waals surface area contributed by atoms with E-state index in [1.165, 1.54) is 5.56 Å². The van der Waals surface area contributed by atoms with Gasteiger partial charge in [-0.15, -0.1) is 0 Å². The molecular weight excluding hydrogens is 136 g/mol. The number of nitrogens with one attached hydrogen (secondary N) is 1. The largest absolute Gasteiger partial charge is 0.279 e. The number of rotatable bonds is 2. The van der Waals surface area contributed by atoms with Gasteiger partial charge in [-0.1, -0.05) is 17.7 Å². The molecule has 0 unspecified atom stereocenters. The number of hydrazone groups is 1. The monoisotopic (exact) mass is 148 g/mol. The summed E-state index contributed by atoms with van der Waals surface area (Å²) in [5.41, 5.74) is 5.17. The second-order valence-corrected chi connectivity index (χ2v) is 2.37. The van der Waals surface area contributed by atoms with Crippen LogP contribution in [0.5, 0.6) is 0 Å². The molecule has 0 bridgehead atoms. The Morgan fingerprint density at radius 3 is 2.45 bits per heavy atom. The SMILES string of the molecule is CC=NNc1ccc(C)cc1. The molecule has 0 fully saturated rings. The van der Waals surface area contributed by atoms with Crippen LogP contribution >= 0.6 is 0 Å². The Bertz CT molecular complexity index is 236. The molecule has 0 spiro atoms. The minimum absolute atomic E-state index is 1.02. The molecule has 0 saturated carbocycles. The van der Waals surface area contributed by atoms with E-state index < -0.39 is 0 Å². The van der Waals surface area contributed by atoms with Gasteiger partial charge in [0.1, 0.15) is 0 Å². The second-order valence-electron chi connectivity index (χ2n) is 2.37. The van der Waals surface area contributed by atoms with E-state index >= 15 is 0 Å². The van der Waals surface area contributed by atoms with Gasteiger partial charge >= 0.3 is 0 Å². The zero-order valence-electron chi connectivity index (χ0n) is 6.83. The van der Waals surface area contributed by atoms with Crippen molar-refractivity contribution in [3.8, 4) is 0 Å². The molecule has 0 radical (unpaired) electrons. The molecule has 0 amide bonds. The quantitative estimate of drug-likeness (QED) is 0.505. The second kappa shape index (κ2) is 3.76. The smallest absolute Gasteiger partial charge is 0.0561 e. The van der Waals surface area contributed by atoms with Gasteiger partial charge in [0.15, 0.2) is 0 Å². The number of aryl methyl sites for hydroxylation is 1. The summed E-state index contributed by atoms with van der Waals surface area (Å²) in [6.07, 6.45) is 1.72. The predicted octanol–water partition coefficient (Wildman–Crippen LogP) is 2.41. The van der Waals surface area contributed by atoms with Crippen molar-refractivity contribution in [2.45, 2.75) is 13.8 Å². The van der Waals surface area contributed by atoms with Crippen molar-refractivity contribution in [2.75, 3.05) is 5.43 Å². The molecule has 1 rings (SSSR count). The molecular formula is C9H12N2. The molecule has 58 valence electrons. The van der Waals surface area contributed by atoms with Crippen LogP contribution in [0.1, 0.15) is 12.5 Å². The van der Waals surface area contributed by atoms with Crippen molar-refractivity contribution in [2.24, 2.45) is 5.10 Å². The van der Waals surface area contributed by atoms with Gasteiger partial charge in [-0.25, -0.2) is 0 Å². The molecule has 11 heavy (non-hydrogen) atoms. The fourth-order valence-electron chi connectivity index (χ4n) is 0.767. The van der Waals surface area contributed by atoms with E-state index in [9.17, 15) is 0 Å². The van der Waals surface area contributed by atoms with Crippen molar-refractivity contribution in [1.82, 2.24) is 0 Å². The summed E-state index contributed by atoms with van der Waals surface area (Å²) in [6.45, 7) is 3.94. The summed E-state index contributed by atoms with van der Waals surface area (Å²) in [4.78, 5) is 0. The van der Waals surface area contributed by atoms with Crippen molar-refractivity contribution in [3.63, 3.8) is 0 Å². The van der Waals surface area contributed by atoms with E-state index in [0.717, 1.165) is 5.69 Å². The molecule has 2 heteroatoms. The van der Waals surface area contributed by atoms with Gasteiger partial charge in [0, 0.05) is 6.21 Å². The van der Waals surface area contributed by atoms with Crippen LogP contribution in [0, 0.1) is 6.92 Å². The summed E-state index contributed by atoms with van der Waals surface area (Å²) < 4.78 is 0. The van der Waals surface area contributed by atoms with Crippen LogP contribution in [0.3, 0.4) is 0 Å². The Balaban J connectivity index is 2.66. The van der Waals surface area contributed by atoms with Crippen LogP contribution in [-0.2, 0) is 0 Å². The maximum absolute atomic E-state index is 3.90. The van der Waals surface area contributed by atoms with Gasteiger partial charge in [-0.05, 0) is 26.0 Å². The molecule has 1 aromatic carbocycles. The highest BCUT2D eigenvalue weighted by molar-refractivity contribution is 5.56. The number of hydrogen-bond donors (Lipinski definition) is 1. The standard InChI is InChI=1S/C9H12N2/c1-3-10-11-9-6-4-8(2)5-7-9/h3-7,11H,1-2H3. The Morgan fingerprint density at radius 2 is 1.91 bits per heavy atom. The first-order valence-corrected chi connectivity index (χ1v) is 3.63. The third kappa shape index (κ3) is 2.42. The maximum atomic E-state index is 3.90. The Morgan fingerprint density at radius 1 is 1.27 bits per heavy atom. The molecule has 1 N–H and O–H groups in total. The molecule has 0 aliphatic carbocycles. The maximum Gasteiger partial charge on any atom is 0.0561 e. The van der Waals surface area contributed by atoms with E-state index in [0.29, 0.717) is 0 Å².